The van der Waals surface area contributed by atoms with Gasteiger partial charge < -0.3 is 20.4 Å². The van der Waals surface area contributed by atoms with Crippen LogP contribution in [0.25, 0.3) is 0 Å². The molecule has 1 fully saturated rings. The Hall–Kier alpha value is -3.35. The second kappa shape index (κ2) is 9.49. The van der Waals surface area contributed by atoms with Crippen LogP contribution in [-0.2, 0) is 4.79 Å². The Morgan fingerprint density at radius 1 is 1.15 bits per heavy atom. The number of benzodiazepines with no additional fused rings is 1. The smallest absolute Gasteiger partial charge is 0.321 e. The Labute approximate surface area is 202 Å². The molecule has 2 aliphatic rings. The summed E-state index contributed by atoms with van der Waals surface area (Å²) in [6, 6.07) is 13.5. The fourth-order valence-electron chi connectivity index (χ4n) is 4.87. The van der Waals surface area contributed by atoms with Crippen LogP contribution in [0.2, 0.25) is 0 Å². The molecule has 1 heterocycles. The van der Waals surface area contributed by atoms with Crippen LogP contribution in [0.5, 0.6) is 0 Å². The maximum atomic E-state index is 13.2. The van der Waals surface area contributed by atoms with Crippen molar-refractivity contribution < 1.29 is 9.59 Å². The Morgan fingerprint density at radius 2 is 1.85 bits per heavy atom. The standard InChI is InChI=1S/C27H35N5O2/c1-18-8-6-9-19(16-18)29-26(34)30-24-25(33)32(5)23-11-7-10-22(21(23)17-28-24)31(4)20-12-14-27(2,3)15-13-20/h6-11,16-17,20,24H,12-15H2,1-5H3,(H2,29,30,34)/t24-/m0/s1. The highest BCUT2D eigenvalue weighted by Gasteiger charge is 2.32. The number of hydrogen-bond acceptors (Lipinski definition) is 4. The molecule has 1 saturated carbocycles. The fraction of sp³-hybridized carbons (Fsp3) is 0.444. The van der Waals surface area contributed by atoms with E-state index in [-0.39, 0.29) is 5.91 Å². The number of rotatable bonds is 4. The third-order valence-corrected chi connectivity index (χ3v) is 7.12. The summed E-state index contributed by atoms with van der Waals surface area (Å²) in [5.74, 6) is -0.284. The number of anilines is 3. The van der Waals surface area contributed by atoms with Gasteiger partial charge in [-0.1, -0.05) is 32.0 Å². The molecule has 7 heteroatoms. The number of urea groups is 1. The van der Waals surface area contributed by atoms with E-state index in [4.69, 9.17) is 0 Å². The molecule has 0 spiro atoms. The van der Waals surface area contributed by atoms with Gasteiger partial charge in [0.15, 0.2) is 0 Å². The monoisotopic (exact) mass is 461 g/mol. The summed E-state index contributed by atoms with van der Waals surface area (Å²) in [5.41, 5.74) is 4.84. The summed E-state index contributed by atoms with van der Waals surface area (Å²) in [7, 11) is 3.86. The van der Waals surface area contributed by atoms with Gasteiger partial charge in [-0.2, -0.15) is 0 Å². The van der Waals surface area contributed by atoms with Crippen LogP contribution in [0.4, 0.5) is 21.9 Å². The second-order valence-electron chi connectivity index (χ2n) is 10.3. The second-order valence-corrected chi connectivity index (χ2v) is 10.3. The lowest BCUT2D eigenvalue weighted by Gasteiger charge is -2.40. The molecule has 0 aromatic heterocycles. The number of hydrogen-bond donors (Lipinski definition) is 2. The highest BCUT2D eigenvalue weighted by molar-refractivity contribution is 6.08. The number of aliphatic imine (C=N–C) groups is 1. The van der Waals surface area contributed by atoms with Gasteiger partial charge in [0.25, 0.3) is 5.91 Å². The maximum absolute atomic E-state index is 13.2. The number of amides is 3. The molecule has 3 amide bonds. The minimum Gasteiger partial charge on any atom is -0.371 e. The average Bonchev–Trinajstić information content (AvgIpc) is 2.91. The van der Waals surface area contributed by atoms with Crippen molar-refractivity contribution in [1.82, 2.24) is 5.32 Å². The third-order valence-electron chi connectivity index (χ3n) is 7.12. The van der Waals surface area contributed by atoms with Gasteiger partial charge in [-0.15, -0.1) is 0 Å². The predicted molar refractivity (Wildman–Crippen MR) is 139 cm³/mol. The topological polar surface area (TPSA) is 77.0 Å². The van der Waals surface area contributed by atoms with E-state index >= 15 is 0 Å². The molecule has 2 N–H and O–H groups in total. The molecule has 1 aliphatic heterocycles. The van der Waals surface area contributed by atoms with E-state index in [0.29, 0.717) is 17.1 Å². The highest BCUT2D eigenvalue weighted by atomic mass is 16.2. The van der Waals surface area contributed by atoms with E-state index in [1.54, 1.807) is 24.2 Å². The third kappa shape index (κ3) is 5.08. The van der Waals surface area contributed by atoms with Crippen LogP contribution in [0.15, 0.2) is 47.5 Å². The molecular formula is C27H35N5O2. The SMILES string of the molecule is Cc1cccc(NC(=O)N[C@@H]2N=Cc3c(cccc3N(C)C3CCC(C)(C)CC3)N(C)C2=O)c1. The number of aryl methyl sites for hydroxylation is 1. The van der Waals surface area contributed by atoms with E-state index in [1.165, 1.54) is 12.8 Å². The largest absolute Gasteiger partial charge is 0.371 e. The van der Waals surface area contributed by atoms with Gasteiger partial charge in [-0.3, -0.25) is 9.79 Å². The van der Waals surface area contributed by atoms with Gasteiger partial charge >= 0.3 is 6.03 Å². The van der Waals surface area contributed by atoms with Gasteiger partial charge in [0, 0.05) is 43.3 Å². The van der Waals surface area contributed by atoms with Crippen molar-refractivity contribution in [3.05, 3.63) is 53.6 Å². The number of carbonyl (C=O) groups excluding carboxylic acids is 2. The zero-order chi connectivity index (χ0) is 24.5. The number of benzene rings is 2. The van der Waals surface area contributed by atoms with E-state index in [9.17, 15) is 9.59 Å². The molecule has 1 atom stereocenters. The van der Waals surface area contributed by atoms with Crippen molar-refractivity contribution in [2.75, 3.05) is 29.2 Å². The average molecular weight is 462 g/mol. The van der Waals surface area contributed by atoms with E-state index in [1.807, 2.05) is 37.3 Å². The molecule has 2 aromatic carbocycles. The molecular weight excluding hydrogens is 426 g/mol. The Kier molecular flexibility index (Phi) is 6.64. The summed E-state index contributed by atoms with van der Waals surface area (Å²) in [6.07, 6.45) is 5.41. The Balaban J connectivity index is 1.53. The van der Waals surface area contributed by atoms with Gasteiger partial charge in [0.1, 0.15) is 0 Å². The number of likely N-dealkylation sites (N-methyl/N-ethyl adjacent to an activating group) is 1. The summed E-state index contributed by atoms with van der Waals surface area (Å²) in [6.45, 7) is 6.64. The van der Waals surface area contributed by atoms with Crippen molar-refractivity contribution in [2.45, 2.75) is 58.7 Å². The Bertz CT molecular complexity index is 1100. The van der Waals surface area contributed by atoms with E-state index in [2.05, 4.69) is 47.5 Å². The number of nitrogens with zero attached hydrogens (tertiary/aromatic N) is 3. The zero-order valence-corrected chi connectivity index (χ0v) is 20.8. The van der Waals surface area contributed by atoms with Crippen molar-refractivity contribution >= 4 is 35.2 Å². The van der Waals surface area contributed by atoms with Crippen LogP contribution in [-0.4, -0.2) is 44.5 Å². The fourth-order valence-corrected chi connectivity index (χ4v) is 4.87. The molecule has 7 nitrogen and oxygen atoms in total. The summed E-state index contributed by atoms with van der Waals surface area (Å²) < 4.78 is 0. The number of nitrogens with one attached hydrogen (secondary N) is 2. The van der Waals surface area contributed by atoms with Crippen LogP contribution >= 0.6 is 0 Å². The van der Waals surface area contributed by atoms with E-state index in [0.717, 1.165) is 35.3 Å². The minimum atomic E-state index is -1.00. The zero-order valence-electron chi connectivity index (χ0n) is 20.8. The number of fused-ring (bicyclic) bond motifs is 1. The van der Waals surface area contributed by atoms with Gasteiger partial charge in [0.2, 0.25) is 6.17 Å². The molecule has 180 valence electrons. The first-order valence-electron chi connectivity index (χ1n) is 12.0. The molecule has 34 heavy (non-hydrogen) atoms. The maximum Gasteiger partial charge on any atom is 0.321 e. The first-order chi connectivity index (χ1) is 16.1. The summed E-state index contributed by atoms with van der Waals surface area (Å²) >= 11 is 0. The molecule has 0 unspecified atom stereocenters. The van der Waals surface area contributed by atoms with Crippen molar-refractivity contribution in [3.8, 4) is 0 Å². The predicted octanol–water partition coefficient (Wildman–Crippen LogP) is 4.94. The van der Waals surface area contributed by atoms with Crippen LogP contribution in [0, 0.1) is 12.3 Å². The van der Waals surface area contributed by atoms with Crippen molar-refractivity contribution in [3.63, 3.8) is 0 Å². The molecule has 2 aromatic rings. The van der Waals surface area contributed by atoms with Crippen molar-refractivity contribution in [1.29, 1.82) is 0 Å². The quantitative estimate of drug-likeness (QED) is 0.677. The van der Waals surface area contributed by atoms with Crippen LogP contribution in [0.3, 0.4) is 0 Å². The van der Waals surface area contributed by atoms with E-state index < -0.39 is 12.2 Å². The molecule has 0 bridgehead atoms. The van der Waals surface area contributed by atoms with Gasteiger partial charge in [0.05, 0.1) is 5.69 Å². The van der Waals surface area contributed by atoms with Gasteiger partial charge in [-0.25, -0.2) is 4.79 Å². The van der Waals surface area contributed by atoms with Gasteiger partial charge in [-0.05, 0) is 67.9 Å². The lowest BCUT2D eigenvalue weighted by molar-refractivity contribution is -0.119. The molecule has 4 rings (SSSR count). The molecule has 1 aliphatic carbocycles. The molecule has 0 radical (unpaired) electrons. The number of carbonyl (C=O) groups is 2. The normalized spacial score (nSPS) is 19.9. The highest BCUT2D eigenvalue weighted by Crippen LogP contribution is 2.39. The molecule has 0 saturated heterocycles. The summed E-state index contributed by atoms with van der Waals surface area (Å²) in [5, 5.41) is 5.49. The van der Waals surface area contributed by atoms with Crippen LogP contribution < -0.4 is 20.4 Å². The first-order valence-corrected chi connectivity index (χ1v) is 12.0. The Morgan fingerprint density at radius 3 is 2.56 bits per heavy atom. The lowest BCUT2D eigenvalue weighted by Crippen LogP contribution is -2.47. The minimum absolute atomic E-state index is 0.284. The lowest BCUT2D eigenvalue weighted by atomic mass is 9.75. The first kappa shape index (κ1) is 23.8. The van der Waals surface area contributed by atoms with Crippen molar-refractivity contribution in [2.24, 2.45) is 10.4 Å². The summed E-state index contributed by atoms with van der Waals surface area (Å²) in [4.78, 5) is 34.2. The van der Waals surface area contributed by atoms with Crippen LogP contribution in [0.1, 0.15) is 50.7 Å².